The smallest absolute Gasteiger partial charge is 0.0463 e. The summed E-state index contributed by atoms with van der Waals surface area (Å²) < 4.78 is 0. The van der Waals surface area contributed by atoms with Gasteiger partial charge in [-0.3, -0.25) is 0 Å². The zero-order valence-electron chi connectivity index (χ0n) is 33.7. The molecule has 2 heteroatoms. The van der Waals surface area contributed by atoms with Gasteiger partial charge in [-0.05, 0) is 140 Å². The minimum Gasteiger partial charge on any atom is -0.311 e. The van der Waals surface area contributed by atoms with Crippen molar-refractivity contribution in [1.29, 1.82) is 0 Å². The summed E-state index contributed by atoms with van der Waals surface area (Å²) >= 11 is 0. The monoisotopic (exact) mass is 695 g/mol. The Labute approximate surface area is 317 Å². The molecular formula is C50H66N2. The fourth-order valence-corrected chi connectivity index (χ4v) is 6.75. The van der Waals surface area contributed by atoms with Gasteiger partial charge >= 0.3 is 0 Å². The lowest BCUT2D eigenvalue weighted by atomic mass is 9.78. The quantitative estimate of drug-likeness (QED) is 0.0956. The largest absolute Gasteiger partial charge is 0.311 e. The molecule has 0 saturated heterocycles. The van der Waals surface area contributed by atoms with E-state index in [9.17, 15) is 0 Å². The first-order valence-corrected chi connectivity index (χ1v) is 20.4. The van der Waals surface area contributed by atoms with Crippen LogP contribution in [0.15, 0.2) is 121 Å². The van der Waals surface area contributed by atoms with Gasteiger partial charge in [0.05, 0.1) is 0 Å². The van der Waals surface area contributed by atoms with Crippen LogP contribution < -0.4 is 9.80 Å². The Balaban J connectivity index is 0.00000113. The molecule has 0 spiro atoms. The number of rotatable bonds is 17. The van der Waals surface area contributed by atoms with Gasteiger partial charge in [-0.15, -0.1) is 0 Å². The van der Waals surface area contributed by atoms with Crippen LogP contribution in [-0.4, -0.2) is 0 Å². The van der Waals surface area contributed by atoms with Crippen LogP contribution in [-0.2, 0) is 18.3 Å². The first-order valence-electron chi connectivity index (χ1n) is 20.4. The lowest BCUT2D eigenvalue weighted by Gasteiger charge is -2.30. The molecule has 0 aromatic heterocycles. The van der Waals surface area contributed by atoms with E-state index >= 15 is 0 Å². The van der Waals surface area contributed by atoms with E-state index in [2.05, 4.69) is 187 Å². The zero-order valence-corrected chi connectivity index (χ0v) is 33.7. The maximum Gasteiger partial charge on any atom is 0.0463 e. The number of benzene rings is 5. The van der Waals surface area contributed by atoms with Crippen LogP contribution in [0.4, 0.5) is 34.1 Å². The SMILES string of the molecule is CCCCC.CCCCc1ccc(N(c2ccc(C)cc2)c2ccc(N(c3ccc(CCCC)cc3)c3ccc(C(C)(CC)CC)cc3)cc2)cc1. The van der Waals surface area contributed by atoms with Gasteiger partial charge in [0.15, 0.2) is 0 Å². The molecule has 2 nitrogen and oxygen atoms in total. The zero-order chi connectivity index (χ0) is 37.3. The van der Waals surface area contributed by atoms with E-state index in [0.29, 0.717) is 0 Å². The number of anilines is 6. The van der Waals surface area contributed by atoms with Gasteiger partial charge < -0.3 is 9.80 Å². The summed E-state index contributed by atoms with van der Waals surface area (Å²) in [5, 5.41) is 0. The van der Waals surface area contributed by atoms with E-state index in [0.717, 1.165) is 42.7 Å². The summed E-state index contributed by atoms with van der Waals surface area (Å²) in [6.07, 6.45) is 13.5. The molecule has 0 amide bonds. The molecule has 0 radical (unpaired) electrons. The summed E-state index contributed by atoms with van der Waals surface area (Å²) in [4.78, 5) is 4.76. The van der Waals surface area contributed by atoms with Crippen molar-refractivity contribution in [2.45, 2.75) is 131 Å². The molecule has 0 atom stereocenters. The predicted molar refractivity (Wildman–Crippen MR) is 231 cm³/mol. The third-order valence-corrected chi connectivity index (χ3v) is 10.8. The van der Waals surface area contributed by atoms with Crippen LogP contribution >= 0.6 is 0 Å². The van der Waals surface area contributed by atoms with Crippen molar-refractivity contribution in [3.8, 4) is 0 Å². The van der Waals surface area contributed by atoms with Crippen molar-refractivity contribution in [2.75, 3.05) is 9.80 Å². The van der Waals surface area contributed by atoms with E-state index in [1.165, 1.54) is 84.3 Å². The van der Waals surface area contributed by atoms with Crippen LogP contribution in [0.2, 0.25) is 0 Å². The molecule has 0 aliphatic heterocycles. The molecule has 276 valence electrons. The third kappa shape index (κ3) is 10.9. The van der Waals surface area contributed by atoms with Gasteiger partial charge in [0.25, 0.3) is 0 Å². The van der Waals surface area contributed by atoms with Crippen LogP contribution in [0.1, 0.15) is 129 Å². The molecule has 5 aromatic rings. The maximum atomic E-state index is 2.39. The Kier molecular flexibility index (Phi) is 16.1. The molecule has 0 aliphatic carbocycles. The molecule has 0 bridgehead atoms. The average Bonchev–Trinajstić information content (AvgIpc) is 3.19. The summed E-state index contributed by atoms with van der Waals surface area (Å²) in [7, 11) is 0. The Bertz CT molecular complexity index is 1690. The second-order valence-corrected chi connectivity index (χ2v) is 14.7. The van der Waals surface area contributed by atoms with Crippen LogP contribution in [0.25, 0.3) is 0 Å². The third-order valence-electron chi connectivity index (χ3n) is 10.8. The highest BCUT2D eigenvalue weighted by Gasteiger charge is 2.23. The number of hydrogen-bond donors (Lipinski definition) is 0. The number of hydrogen-bond acceptors (Lipinski definition) is 2. The molecule has 5 rings (SSSR count). The Hall–Kier alpha value is -4.30. The Morgan fingerprint density at radius 1 is 0.385 bits per heavy atom. The van der Waals surface area contributed by atoms with Gasteiger partial charge in [0, 0.05) is 34.1 Å². The molecule has 0 fully saturated rings. The van der Waals surface area contributed by atoms with E-state index in [1.54, 1.807) is 0 Å². The van der Waals surface area contributed by atoms with Crippen molar-refractivity contribution in [3.63, 3.8) is 0 Å². The molecular weight excluding hydrogens is 629 g/mol. The Morgan fingerprint density at radius 2 is 0.673 bits per heavy atom. The molecule has 0 aliphatic rings. The number of aryl methyl sites for hydroxylation is 3. The topological polar surface area (TPSA) is 6.48 Å². The van der Waals surface area contributed by atoms with E-state index in [1.807, 2.05) is 0 Å². The van der Waals surface area contributed by atoms with Crippen LogP contribution in [0.3, 0.4) is 0 Å². The predicted octanol–water partition coefficient (Wildman–Crippen LogP) is 15.9. The first kappa shape index (κ1) is 40.5. The maximum absolute atomic E-state index is 2.39. The minimum atomic E-state index is 0.194. The second-order valence-electron chi connectivity index (χ2n) is 14.7. The average molecular weight is 695 g/mol. The molecule has 0 heterocycles. The molecule has 0 unspecified atom stereocenters. The Morgan fingerprint density at radius 3 is 0.962 bits per heavy atom. The highest BCUT2D eigenvalue weighted by Crippen LogP contribution is 2.40. The van der Waals surface area contributed by atoms with Gasteiger partial charge in [-0.1, -0.05) is 135 Å². The highest BCUT2D eigenvalue weighted by atomic mass is 15.2. The number of unbranched alkanes of at least 4 members (excludes halogenated alkanes) is 4. The summed E-state index contributed by atoms with van der Waals surface area (Å²) in [6.45, 7) is 18.1. The van der Waals surface area contributed by atoms with Crippen LogP contribution in [0.5, 0.6) is 0 Å². The first-order chi connectivity index (χ1) is 25.3. The fraction of sp³-hybridized carbons (Fsp3) is 0.400. The summed E-state index contributed by atoms with van der Waals surface area (Å²) in [5.74, 6) is 0. The molecule has 5 aromatic carbocycles. The van der Waals surface area contributed by atoms with Gasteiger partial charge in [0.2, 0.25) is 0 Å². The molecule has 0 N–H and O–H groups in total. The van der Waals surface area contributed by atoms with Crippen LogP contribution in [0, 0.1) is 6.92 Å². The fourth-order valence-electron chi connectivity index (χ4n) is 6.75. The van der Waals surface area contributed by atoms with E-state index < -0.39 is 0 Å². The minimum absolute atomic E-state index is 0.194. The lowest BCUT2D eigenvalue weighted by molar-refractivity contribution is 0.439. The summed E-state index contributed by atoms with van der Waals surface area (Å²) in [6, 6.07) is 45.5. The van der Waals surface area contributed by atoms with Gasteiger partial charge in [0.1, 0.15) is 0 Å². The van der Waals surface area contributed by atoms with Crippen molar-refractivity contribution in [3.05, 3.63) is 144 Å². The standard InChI is InChI=1S/C45H54N2.C5H12/c1-7-11-13-36-17-25-40(26-18-36)46(39-23-15-35(5)16-24-39)43-31-33-44(34-32-43)47(41-27-19-37(20-28-41)14-12-8-2)42-29-21-38(22-30-42)45(6,9-3)10-4;1-3-5-4-2/h15-34H,7-14H2,1-6H3;3-5H2,1-2H3. The summed E-state index contributed by atoms with van der Waals surface area (Å²) in [5.41, 5.74) is 12.6. The van der Waals surface area contributed by atoms with Gasteiger partial charge in [-0.2, -0.15) is 0 Å². The second kappa shape index (κ2) is 20.7. The van der Waals surface area contributed by atoms with Crippen molar-refractivity contribution in [2.24, 2.45) is 0 Å². The van der Waals surface area contributed by atoms with E-state index in [-0.39, 0.29) is 5.41 Å². The lowest BCUT2D eigenvalue weighted by Crippen LogP contribution is -2.19. The van der Waals surface area contributed by atoms with Crippen molar-refractivity contribution >= 4 is 34.1 Å². The normalized spacial score (nSPS) is 11.2. The number of nitrogens with zero attached hydrogens (tertiary/aromatic N) is 2. The van der Waals surface area contributed by atoms with Gasteiger partial charge in [-0.25, -0.2) is 0 Å². The van der Waals surface area contributed by atoms with Crippen molar-refractivity contribution in [1.82, 2.24) is 0 Å². The van der Waals surface area contributed by atoms with E-state index in [4.69, 9.17) is 0 Å². The molecule has 0 saturated carbocycles. The molecule has 52 heavy (non-hydrogen) atoms. The highest BCUT2D eigenvalue weighted by molar-refractivity contribution is 5.81. The van der Waals surface area contributed by atoms with Crippen molar-refractivity contribution < 1.29 is 0 Å².